The van der Waals surface area contributed by atoms with Gasteiger partial charge in [-0.2, -0.15) is 26.3 Å². The summed E-state index contributed by atoms with van der Waals surface area (Å²) in [4.78, 5) is 25.5. The monoisotopic (exact) mass is 916 g/mol. The predicted molar refractivity (Wildman–Crippen MR) is 258 cm³/mol. The molecule has 0 saturated heterocycles. The molecule has 0 unspecified atom stereocenters. The molecule has 3 aromatic heterocycles. The van der Waals surface area contributed by atoms with E-state index in [4.69, 9.17) is 24.9 Å². The smallest absolute Gasteiger partial charge is 0.309 e. The van der Waals surface area contributed by atoms with E-state index in [0.717, 1.165) is 28.3 Å². The van der Waals surface area contributed by atoms with Crippen LogP contribution in [0.4, 0.5) is 26.3 Å². The largest absolute Gasteiger partial charge is 0.417 e. The molecule has 0 saturated carbocycles. The topological polar surface area (TPSA) is 69.4 Å². The summed E-state index contributed by atoms with van der Waals surface area (Å²) in [6.45, 7) is 0. The third-order valence-corrected chi connectivity index (χ3v) is 11.9. The van der Waals surface area contributed by atoms with Gasteiger partial charge in [-0.25, -0.2) is 24.9 Å². The molecule has 6 nitrogen and oxygen atoms in total. The van der Waals surface area contributed by atoms with E-state index in [0.29, 0.717) is 79.4 Å². The highest BCUT2D eigenvalue weighted by atomic mass is 19.4. The van der Waals surface area contributed by atoms with Gasteiger partial charge < -0.3 is 4.57 Å². The number of hydrogen-bond acceptors (Lipinski definition) is 5. The molecule has 0 aliphatic heterocycles. The Hall–Kier alpha value is -8.77. The van der Waals surface area contributed by atoms with Crippen LogP contribution in [-0.2, 0) is 12.4 Å². The fourth-order valence-corrected chi connectivity index (χ4v) is 8.68. The first-order valence-electron chi connectivity index (χ1n) is 21.8. The van der Waals surface area contributed by atoms with Crippen molar-refractivity contribution >= 4 is 21.8 Å². The molecular formula is C57H34F6N6. The molecule has 334 valence electrons. The molecule has 11 rings (SSSR count). The average Bonchev–Trinajstić information content (AvgIpc) is 3.72. The van der Waals surface area contributed by atoms with Crippen molar-refractivity contribution in [3.8, 4) is 84.9 Å². The Kier molecular flexibility index (Phi) is 10.6. The normalized spacial score (nSPS) is 11.9. The first kappa shape index (κ1) is 42.8. The van der Waals surface area contributed by atoms with Crippen molar-refractivity contribution in [1.82, 2.24) is 29.5 Å². The maximum atomic E-state index is 14.5. The van der Waals surface area contributed by atoms with Gasteiger partial charge in [0.2, 0.25) is 0 Å². The molecule has 0 bridgehead atoms. The number of aromatic nitrogens is 6. The van der Waals surface area contributed by atoms with E-state index in [1.165, 1.54) is 6.07 Å². The minimum atomic E-state index is -5.07. The Bertz CT molecular complexity index is 3570. The Morgan fingerprint density at radius 1 is 0.319 bits per heavy atom. The van der Waals surface area contributed by atoms with E-state index in [2.05, 4.69) is 0 Å². The maximum Gasteiger partial charge on any atom is 0.417 e. The van der Waals surface area contributed by atoms with E-state index in [1.54, 1.807) is 12.1 Å². The molecule has 0 aliphatic rings. The Balaban J connectivity index is 1.18. The summed E-state index contributed by atoms with van der Waals surface area (Å²) < 4.78 is 86.8. The SMILES string of the molecule is FC(F)(F)c1ccc(-c2ccc3c(c2)c2ccccc2n3-c2ccc(-c3nc(-c4ccccc4)cc(-c4ccccc4)n3)cc2-c2nc(-c3ccccc3)nc(-c3ccccc3)n2)c(C(F)(F)F)c1. The Morgan fingerprint density at radius 3 is 1.38 bits per heavy atom. The standard InChI is InChI=1S/C57H34F6N6/c58-56(59,60)41-27-28-42(46(33-41)57(61,62)63)39-25-29-50-44(31-39)43-23-13-14-24-49(43)69(50)51-30-26-40(54-64-47(35-15-5-1-6-16-35)34-48(65-54)36-17-7-2-8-18-36)32-45(51)55-67-52(37-19-9-3-10-20-37)66-53(68-55)38-21-11-4-12-22-38/h1-34H. The van der Waals surface area contributed by atoms with E-state index in [9.17, 15) is 26.3 Å². The highest BCUT2D eigenvalue weighted by Crippen LogP contribution is 2.44. The number of fused-ring (bicyclic) bond motifs is 3. The lowest BCUT2D eigenvalue weighted by Crippen LogP contribution is -2.12. The first-order chi connectivity index (χ1) is 33.5. The third kappa shape index (κ3) is 8.26. The fourth-order valence-electron chi connectivity index (χ4n) is 8.68. The number of benzene rings is 8. The number of rotatable bonds is 8. The molecule has 0 N–H and O–H groups in total. The van der Waals surface area contributed by atoms with E-state index >= 15 is 0 Å². The van der Waals surface area contributed by atoms with Crippen LogP contribution >= 0.6 is 0 Å². The van der Waals surface area contributed by atoms with Gasteiger partial charge in [0.25, 0.3) is 0 Å². The minimum Gasteiger partial charge on any atom is -0.309 e. The van der Waals surface area contributed by atoms with Crippen molar-refractivity contribution in [2.75, 3.05) is 0 Å². The molecule has 8 aromatic carbocycles. The van der Waals surface area contributed by atoms with Crippen molar-refractivity contribution < 1.29 is 26.3 Å². The molecular weight excluding hydrogens is 883 g/mol. The average molecular weight is 917 g/mol. The van der Waals surface area contributed by atoms with Gasteiger partial charge in [0.15, 0.2) is 23.3 Å². The van der Waals surface area contributed by atoms with Crippen LogP contribution in [0.2, 0.25) is 0 Å². The molecule has 12 heteroatoms. The van der Waals surface area contributed by atoms with Gasteiger partial charge in [0, 0.05) is 44.2 Å². The predicted octanol–water partition coefficient (Wildman–Crippen LogP) is 15.5. The molecule has 3 heterocycles. The molecule has 0 radical (unpaired) electrons. The van der Waals surface area contributed by atoms with Crippen LogP contribution in [0, 0.1) is 0 Å². The zero-order chi connectivity index (χ0) is 47.3. The van der Waals surface area contributed by atoms with Crippen molar-refractivity contribution in [2.45, 2.75) is 12.4 Å². The second-order valence-electron chi connectivity index (χ2n) is 16.3. The molecule has 0 atom stereocenters. The van der Waals surface area contributed by atoms with Crippen molar-refractivity contribution in [3.05, 3.63) is 217 Å². The summed E-state index contributed by atoms with van der Waals surface area (Å²) in [5.41, 5.74) is 4.85. The highest BCUT2D eigenvalue weighted by molar-refractivity contribution is 6.11. The number of nitrogens with zero attached hydrogens (tertiary/aromatic N) is 6. The van der Waals surface area contributed by atoms with Crippen LogP contribution in [0.3, 0.4) is 0 Å². The lowest BCUT2D eigenvalue weighted by Gasteiger charge is -2.17. The molecule has 0 amide bonds. The van der Waals surface area contributed by atoms with E-state index < -0.39 is 23.5 Å². The number of hydrogen-bond donors (Lipinski definition) is 0. The summed E-state index contributed by atoms with van der Waals surface area (Å²) in [6, 6.07) is 60.5. The van der Waals surface area contributed by atoms with Crippen LogP contribution in [0.25, 0.3) is 107 Å². The molecule has 11 aromatic rings. The van der Waals surface area contributed by atoms with Crippen molar-refractivity contribution in [2.24, 2.45) is 0 Å². The number of alkyl halides is 6. The molecule has 0 aliphatic carbocycles. The third-order valence-electron chi connectivity index (χ3n) is 11.9. The fraction of sp³-hybridized carbons (Fsp3) is 0.0351. The van der Waals surface area contributed by atoms with Gasteiger partial charge in [-0.15, -0.1) is 0 Å². The van der Waals surface area contributed by atoms with Gasteiger partial charge in [-0.1, -0.05) is 152 Å². The lowest BCUT2D eigenvalue weighted by molar-refractivity contribution is -0.142. The first-order valence-corrected chi connectivity index (χ1v) is 21.8. The summed E-state index contributed by atoms with van der Waals surface area (Å²) in [7, 11) is 0. The Morgan fingerprint density at radius 2 is 0.812 bits per heavy atom. The highest BCUT2D eigenvalue weighted by Gasteiger charge is 2.38. The second-order valence-corrected chi connectivity index (χ2v) is 16.3. The molecule has 0 fully saturated rings. The quantitative estimate of drug-likeness (QED) is 0.142. The second kappa shape index (κ2) is 17.1. The molecule has 0 spiro atoms. The van der Waals surface area contributed by atoms with Crippen molar-refractivity contribution in [3.63, 3.8) is 0 Å². The van der Waals surface area contributed by atoms with Gasteiger partial charge in [0.05, 0.1) is 39.2 Å². The summed E-state index contributed by atoms with van der Waals surface area (Å²) in [6.07, 6.45) is -10.0. The minimum absolute atomic E-state index is 0.101. The molecule has 69 heavy (non-hydrogen) atoms. The van der Waals surface area contributed by atoms with Gasteiger partial charge in [0.1, 0.15) is 0 Å². The Labute approximate surface area is 390 Å². The summed E-state index contributed by atoms with van der Waals surface area (Å²) in [5.74, 6) is 1.61. The van der Waals surface area contributed by atoms with Gasteiger partial charge >= 0.3 is 12.4 Å². The number of halogens is 6. The van der Waals surface area contributed by atoms with Crippen molar-refractivity contribution in [1.29, 1.82) is 0 Å². The zero-order valence-corrected chi connectivity index (χ0v) is 36.1. The summed E-state index contributed by atoms with van der Waals surface area (Å²) in [5, 5.41) is 1.27. The summed E-state index contributed by atoms with van der Waals surface area (Å²) >= 11 is 0. The van der Waals surface area contributed by atoms with Gasteiger partial charge in [-0.3, -0.25) is 0 Å². The van der Waals surface area contributed by atoms with Crippen LogP contribution in [0.5, 0.6) is 0 Å². The number of para-hydroxylation sites is 1. The van der Waals surface area contributed by atoms with Crippen LogP contribution < -0.4 is 0 Å². The van der Waals surface area contributed by atoms with E-state index in [-0.39, 0.29) is 17.2 Å². The lowest BCUT2D eigenvalue weighted by atomic mass is 9.95. The van der Waals surface area contributed by atoms with Crippen LogP contribution in [-0.4, -0.2) is 29.5 Å². The van der Waals surface area contributed by atoms with E-state index in [1.807, 2.05) is 174 Å². The maximum absolute atomic E-state index is 14.5. The van der Waals surface area contributed by atoms with Gasteiger partial charge in [-0.05, 0) is 65.7 Å². The van der Waals surface area contributed by atoms with Crippen LogP contribution in [0.1, 0.15) is 11.1 Å². The van der Waals surface area contributed by atoms with Crippen LogP contribution in [0.15, 0.2) is 206 Å². The zero-order valence-electron chi connectivity index (χ0n) is 36.1.